The third-order valence-electron chi connectivity index (χ3n) is 3.19. The molecule has 1 saturated heterocycles. The number of hydrogen-bond acceptors (Lipinski definition) is 2. The molecule has 2 nitrogen and oxygen atoms in total. The van der Waals surface area contributed by atoms with Crippen LogP contribution >= 0.6 is 0 Å². The van der Waals surface area contributed by atoms with Crippen LogP contribution in [0.15, 0.2) is 24.3 Å². The zero-order chi connectivity index (χ0) is 10.7. The van der Waals surface area contributed by atoms with Gasteiger partial charge in [-0.25, -0.2) is 0 Å². The molecule has 0 aliphatic carbocycles. The average molecular weight is 206 g/mol. The molecule has 1 aromatic rings. The van der Waals surface area contributed by atoms with Crippen LogP contribution in [0.5, 0.6) is 0 Å². The van der Waals surface area contributed by atoms with E-state index in [1.54, 1.807) is 0 Å². The quantitative estimate of drug-likeness (QED) is 0.764. The number of benzene rings is 1. The first kappa shape index (κ1) is 10.7. The van der Waals surface area contributed by atoms with Gasteiger partial charge in [-0.3, -0.25) is 0 Å². The molecule has 15 heavy (non-hydrogen) atoms. The second-order valence-corrected chi connectivity index (χ2v) is 4.31. The predicted octanol–water partition coefficient (Wildman–Crippen LogP) is 2.38. The summed E-state index contributed by atoms with van der Waals surface area (Å²) in [5, 5.41) is 10.6. The van der Waals surface area contributed by atoms with Crippen molar-refractivity contribution >= 4 is 0 Å². The van der Waals surface area contributed by atoms with Gasteiger partial charge in [0, 0.05) is 19.6 Å². The molecular weight excluding hydrogens is 188 g/mol. The molecule has 0 amide bonds. The highest BCUT2D eigenvalue weighted by molar-refractivity contribution is 5.31. The second-order valence-electron chi connectivity index (χ2n) is 4.31. The van der Waals surface area contributed by atoms with Gasteiger partial charge in [0.05, 0.1) is 5.60 Å². The molecule has 1 N–H and O–H groups in total. The van der Waals surface area contributed by atoms with Gasteiger partial charge in [-0.15, -0.1) is 0 Å². The van der Waals surface area contributed by atoms with Crippen LogP contribution < -0.4 is 0 Å². The average Bonchev–Trinajstić information content (AvgIpc) is 2.44. The highest BCUT2D eigenvalue weighted by atomic mass is 16.5. The number of aliphatic hydroxyl groups is 1. The van der Waals surface area contributed by atoms with E-state index in [4.69, 9.17) is 4.74 Å². The summed E-state index contributed by atoms with van der Waals surface area (Å²) in [5.41, 5.74) is 1.55. The lowest BCUT2D eigenvalue weighted by Crippen LogP contribution is -2.26. The molecule has 0 bridgehead atoms. The van der Waals surface area contributed by atoms with E-state index in [9.17, 15) is 5.11 Å². The summed E-state index contributed by atoms with van der Waals surface area (Å²) in [4.78, 5) is 0. The van der Waals surface area contributed by atoms with Crippen molar-refractivity contribution in [2.24, 2.45) is 0 Å². The van der Waals surface area contributed by atoms with Crippen molar-refractivity contribution in [2.75, 3.05) is 13.2 Å². The van der Waals surface area contributed by atoms with Crippen molar-refractivity contribution in [3.8, 4) is 0 Å². The lowest BCUT2D eigenvalue weighted by molar-refractivity contribution is 0.0139. The molecule has 1 fully saturated rings. The SMILES string of the molecule is Cc1ccccc1C1(O)CCCOCC1. The van der Waals surface area contributed by atoms with Crippen molar-refractivity contribution in [2.45, 2.75) is 31.8 Å². The van der Waals surface area contributed by atoms with Crippen molar-refractivity contribution in [1.82, 2.24) is 0 Å². The normalized spacial score (nSPS) is 27.3. The third kappa shape index (κ3) is 2.21. The highest BCUT2D eigenvalue weighted by Crippen LogP contribution is 2.33. The van der Waals surface area contributed by atoms with Gasteiger partial charge >= 0.3 is 0 Å². The van der Waals surface area contributed by atoms with Gasteiger partial charge < -0.3 is 9.84 Å². The highest BCUT2D eigenvalue weighted by Gasteiger charge is 2.31. The summed E-state index contributed by atoms with van der Waals surface area (Å²) in [5.74, 6) is 0. The molecule has 2 rings (SSSR count). The molecule has 1 aromatic carbocycles. The molecule has 0 aromatic heterocycles. The predicted molar refractivity (Wildman–Crippen MR) is 59.7 cm³/mol. The molecule has 1 aliphatic heterocycles. The molecule has 82 valence electrons. The topological polar surface area (TPSA) is 29.5 Å². The van der Waals surface area contributed by atoms with Crippen molar-refractivity contribution in [3.63, 3.8) is 0 Å². The van der Waals surface area contributed by atoms with E-state index in [2.05, 4.69) is 13.0 Å². The number of hydrogen-bond donors (Lipinski definition) is 1. The van der Waals surface area contributed by atoms with E-state index in [1.165, 1.54) is 5.56 Å². The van der Waals surface area contributed by atoms with E-state index < -0.39 is 5.60 Å². The summed E-state index contributed by atoms with van der Waals surface area (Å²) >= 11 is 0. The minimum Gasteiger partial charge on any atom is -0.385 e. The fraction of sp³-hybridized carbons (Fsp3) is 0.538. The van der Waals surface area contributed by atoms with Crippen LogP contribution in [0.4, 0.5) is 0 Å². The number of aryl methyl sites for hydroxylation is 1. The Morgan fingerprint density at radius 3 is 2.80 bits per heavy atom. The molecule has 1 heterocycles. The second kappa shape index (κ2) is 4.33. The van der Waals surface area contributed by atoms with E-state index in [-0.39, 0.29) is 0 Å². The van der Waals surface area contributed by atoms with Crippen LogP contribution in [0, 0.1) is 6.92 Å². The van der Waals surface area contributed by atoms with Crippen LogP contribution in [0.3, 0.4) is 0 Å². The number of rotatable bonds is 1. The van der Waals surface area contributed by atoms with Crippen molar-refractivity contribution in [1.29, 1.82) is 0 Å². The van der Waals surface area contributed by atoms with Gasteiger partial charge in [0.15, 0.2) is 0 Å². The molecular formula is C13H18O2. The lowest BCUT2D eigenvalue weighted by atomic mass is 9.84. The lowest BCUT2D eigenvalue weighted by Gasteiger charge is -2.28. The molecule has 0 saturated carbocycles. The van der Waals surface area contributed by atoms with E-state index >= 15 is 0 Å². The summed E-state index contributed by atoms with van der Waals surface area (Å²) in [7, 11) is 0. The summed E-state index contributed by atoms with van der Waals surface area (Å²) in [6.07, 6.45) is 2.44. The maximum absolute atomic E-state index is 10.6. The molecule has 0 radical (unpaired) electrons. The largest absolute Gasteiger partial charge is 0.385 e. The smallest absolute Gasteiger partial charge is 0.0921 e. The Hall–Kier alpha value is -0.860. The van der Waals surface area contributed by atoms with Gasteiger partial charge in [-0.2, -0.15) is 0 Å². The van der Waals surface area contributed by atoms with Gasteiger partial charge in [-0.05, 0) is 30.9 Å². The maximum Gasteiger partial charge on any atom is 0.0921 e. The first-order valence-corrected chi connectivity index (χ1v) is 5.59. The Balaban J connectivity index is 2.30. The van der Waals surface area contributed by atoms with Crippen molar-refractivity contribution in [3.05, 3.63) is 35.4 Å². The Morgan fingerprint density at radius 1 is 1.20 bits per heavy atom. The summed E-state index contributed by atoms with van der Waals surface area (Å²) in [6.45, 7) is 3.48. The van der Waals surface area contributed by atoms with E-state index in [1.807, 2.05) is 18.2 Å². The van der Waals surface area contributed by atoms with Crippen LogP contribution in [-0.2, 0) is 10.3 Å². The Kier molecular flexibility index (Phi) is 3.08. The van der Waals surface area contributed by atoms with Gasteiger partial charge in [-0.1, -0.05) is 24.3 Å². The maximum atomic E-state index is 10.6. The molecule has 2 heteroatoms. The Bertz CT molecular complexity index is 325. The van der Waals surface area contributed by atoms with Gasteiger partial charge in [0.2, 0.25) is 0 Å². The van der Waals surface area contributed by atoms with E-state index in [0.717, 1.165) is 25.0 Å². The van der Waals surface area contributed by atoms with Crippen molar-refractivity contribution < 1.29 is 9.84 Å². The van der Waals surface area contributed by atoms with Gasteiger partial charge in [0.25, 0.3) is 0 Å². The zero-order valence-corrected chi connectivity index (χ0v) is 9.20. The fourth-order valence-corrected chi connectivity index (χ4v) is 2.30. The first-order valence-electron chi connectivity index (χ1n) is 5.59. The zero-order valence-electron chi connectivity index (χ0n) is 9.20. The Labute approximate surface area is 90.9 Å². The Morgan fingerprint density at radius 2 is 2.00 bits per heavy atom. The van der Waals surface area contributed by atoms with Gasteiger partial charge in [0.1, 0.15) is 0 Å². The minimum atomic E-state index is -0.679. The van der Waals surface area contributed by atoms with Crippen LogP contribution in [-0.4, -0.2) is 18.3 Å². The molecule has 1 aliphatic rings. The number of ether oxygens (including phenoxy) is 1. The van der Waals surface area contributed by atoms with Crippen LogP contribution in [0.25, 0.3) is 0 Å². The molecule has 1 unspecified atom stereocenters. The third-order valence-corrected chi connectivity index (χ3v) is 3.19. The first-order chi connectivity index (χ1) is 7.22. The summed E-state index contributed by atoms with van der Waals surface area (Å²) in [6, 6.07) is 8.08. The monoisotopic (exact) mass is 206 g/mol. The van der Waals surface area contributed by atoms with Crippen LogP contribution in [0.1, 0.15) is 30.4 Å². The minimum absolute atomic E-state index is 0.658. The summed E-state index contributed by atoms with van der Waals surface area (Å²) < 4.78 is 5.39. The van der Waals surface area contributed by atoms with E-state index in [0.29, 0.717) is 13.0 Å². The molecule has 0 spiro atoms. The standard InChI is InChI=1S/C13H18O2/c1-11-5-2-3-6-12(11)13(14)7-4-9-15-10-8-13/h2-3,5-6,14H,4,7-10H2,1H3. The molecule has 1 atom stereocenters. The fourth-order valence-electron chi connectivity index (χ4n) is 2.30. The van der Waals surface area contributed by atoms with Crippen LogP contribution in [0.2, 0.25) is 0 Å².